The van der Waals surface area contributed by atoms with Crippen molar-refractivity contribution in [2.24, 2.45) is 5.92 Å². The first kappa shape index (κ1) is 20.7. The van der Waals surface area contributed by atoms with Crippen LogP contribution in [0, 0.1) is 5.92 Å². The number of nitrogens with one attached hydrogen (secondary N) is 1. The van der Waals surface area contributed by atoms with Crippen molar-refractivity contribution in [3.8, 4) is 5.75 Å². The van der Waals surface area contributed by atoms with Crippen LogP contribution in [-0.4, -0.2) is 55.4 Å². The Morgan fingerprint density at radius 1 is 1.10 bits per heavy atom. The van der Waals surface area contributed by atoms with Crippen LogP contribution in [-0.2, 0) is 13.0 Å². The van der Waals surface area contributed by atoms with Crippen LogP contribution in [0.25, 0.3) is 0 Å². The molecule has 0 atom stereocenters. The molecule has 0 aromatic heterocycles. The highest BCUT2D eigenvalue weighted by atomic mass is 16.5. The maximum absolute atomic E-state index is 12.6. The zero-order chi connectivity index (χ0) is 20.8. The summed E-state index contributed by atoms with van der Waals surface area (Å²) in [5, 5.41) is 12.3. The molecule has 2 aromatic rings. The number of hydrogen-bond acceptors (Lipinski definition) is 4. The maximum atomic E-state index is 12.6. The molecule has 2 N–H and O–H groups in total. The van der Waals surface area contributed by atoms with Gasteiger partial charge in [0.25, 0.3) is 0 Å². The minimum atomic E-state index is -0.0309. The van der Waals surface area contributed by atoms with Crippen LogP contribution >= 0.6 is 0 Å². The number of piperidine rings is 1. The van der Waals surface area contributed by atoms with Crippen LogP contribution in [0.5, 0.6) is 5.75 Å². The number of anilines is 1. The number of likely N-dealkylation sites (tertiary alicyclic amines) is 1. The summed E-state index contributed by atoms with van der Waals surface area (Å²) in [7, 11) is 0. The molecular weight excluding hydrogens is 378 g/mol. The fraction of sp³-hybridized carbons (Fsp3) is 0.458. The van der Waals surface area contributed by atoms with Crippen molar-refractivity contribution in [3.05, 3.63) is 59.7 Å². The van der Waals surface area contributed by atoms with E-state index in [1.165, 1.54) is 0 Å². The van der Waals surface area contributed by atoms with E-state index in [4.69, 9.17) is 4.74 Å². The number of ether oxygens (including phenoxy) is 1. The molecule has 2 amide bonds. The fourth-order valence-electron chi connectivity index (χ4n) is 4.29. The number of aliphatic hydroxyl groups excluding tert-OH is 1. The van der Waals surface area contributed by atoms with Gasteiger partial charge in [0.2, 0.25) is 0 Å². The van der Waals surface area contributed by atoms with Crippen molar-refractivity contribution in [2.75, 3.05) is 44.2 Å². The molecule has 1 fully saturated rings. The summed E-state index contributed by atoms with van der Waals surface area (Å²) in [6.45, 7) is 5.15. The zero-order valence-electron chi connectivity index (χ0n) is 17.4. The Hall–Kier alpha value is -2.57. The summed E-state index contributed by atoms with van der Waals surface area (Å²) < 4.78 is 5.90. The van der Waals surface area contributed by atoms with E-state index in [1.54, 1.807) is 0 Å². The lowest BCUT2D eigenvalue weighted by molar-refractivity contribution is 0.142. The van der Waals surface area contributed by atoms with Crippen molar-refractivity contribution in [1.82, 2.24) is 10.2 Å². The molecule has 160 valence electrons. The molecular formula is C24H31N3O3. The van der Waals surface area contributed by atoms with Crippen molar-refractivity contribution in [1.29, 1.82) is 0 Å². The predicted molar refractivity (Wildman–Crippen MR) is 118 cm³/mol. The van der Waals surface area contributed by atoms with E-state index in [2.05, 4.69) is 10.2 Å². The van der Waals surface area contributed by atoms with Crippen LogP contribution in [0.15, 0.2) is 48.5 Å². The van der Waals surface area contributed by atoms with Crippen LogP contribution in [0.2, 0.25) is 0 Å². The first-order valence-electron chi connectivity index (χ1n) is 10.9. The van der Waals surface area contributed by atoms with E-state index in [0.29, 0.717) is 19.0 Å². The summed E-state index contributed by atoms with van der Waals surface area (Å²) in [5.74, 6) is 1.54. The van der Waals surface area contributed by atoms with Gasteiger partial charge in [0, 0.05) is 25.3 Å². The third kappa shape index (κ3) is 5.12. The highest BCUT2D eigenvalue weighted by molar-refractivity contribution is 5.94. The molecule has 0 radical (unpaired) electrons. The summed E-state index contributed by atoms with van der Waals surface area (Å²) in [5.41, 5.74) is 2.99. The lowest BCUT2D eigenvalue weighted by atomic mass is 9.98. The molecule has 0 spiro atoms. The van der Waals surface area contributed by atoms with Crippen molar-refractivity contribution in [2.45, 2.75) is 25.9 Å². The number of carbonyl (C=O) groups excluding carboxylic acids is 1. The Morgan fingerprint density at radius 2 is 1.90 bits per heavy atom. The average Bonchev–Trinajstić information content (AvgIpc) is 3.22. The van der Waals surface area contributed by atoms with Gasteiger partial charge in [-0.05, 0) is 67.6 Å². The Balaban J connectivity index is 1.15. The number of para-hydroxylation sites is 1. The average molecular weight is 410 g/mol. The molecule has 0 saturated carbocycles. The van der Waals surface area contributed by atoms with E-state index in [1.807, 2.05) is 53.4 Å². The standard InChI is InChI=1S/C24H31N3O3/c28-17-20-6-7-23-21(16-20)10-14-27(23)24(29)25-11-15-26-12-8-19(9-13-26)18-30-22-4-2-1-3-5-22/h1-7,16,19,28H,8-15,17-18H2,(H,25,29). The summed E-state index contributed by atoms with van der Waals surface area (Å²) >= 11 is 0. The molecule has 0 bridgehead atoms. The van der Waals surface area contributed by atoms with Gasteiger partial charge in [-0.15, -0.1) is 0 Å². The van der Waals surface area contributed by atoms with Gasteiger partial charge >= 0.3 is 6.03 Å². The van der Waals surface area contributed by atoms with Gasteiger partial charge in [-0.25, -0.2) is 4.79 Å². The highest BCUT2D eigenvalue weighted by Gasteiger charge is 2.25. The molecule has 0 aliphatic carbocycles. The molecule has 6 heteroatoms. The van der Waals surface area contributed by atoms with Crippen molar-refractivity contribution >= 4 is 11.7 Å². The van der Waals surface area contributed by atoms with E-state index in [9.17, 15) is 9.90 Å². The normalized spacial score (nSPS) is 17.0. The second-order valence-electron chi connectivity index (χ2n) is 8.16. The Kier molecular flexibility index (Phi) is 6.87. The Labute approximate surface area is 178 Å². The fourth-order valence-corrected chi connectivity index (χ4v) is 4.29. The SMILES string of the molecule is O=C(NCCN1CCC(COc2ccccc2)CC1)N1CCc2cc(CO)ccc21. The molecule has 2 aliphatic rings. The van der Waals surface area contributed by atoms with Gasteiger partial charge in [0.05, 0.1) is 13.2 Å². The number of fused-ring (bicyclic) bond motifs is 1. The smallest absolute Gasteiger partial charge is 0.321 e. The van der Waals surface area contributed by atoms with Crippen molar-refractivity contribution < 1.29 is 14.6 Å². The van der Waals surface area contributed by atoms with Gasteiger partial charge in [0.1, 0.15) is 5.75 Å². The zero-order valence-corrected chi connectivity index (χ0v) is 17.4. The monoisotopic (exact) mass is 409 g/mol. The van der Waals surface area contributed by atoms with E-state index in [-0.39, 0.29) is 12.6 Å². The van der Waals surface area contributed by atoms with Gasteiger partial charge in [-0.2, -0.15) is 0 Å². The molecule has 2 heterocycles. The van der Waals surface area contributed by atoms with Crippen molar-refractivity contribution in [3.63, 3.8) is 0 Å². The number of hydrogen-bond donors (Lipinski definition) is 2. The van der Waals surface area contributed by atoms with Gasteiger partial charge in [-0.3, -0.25) is 4.90 Å². The quantitative estimate of drug-likeness (QED) is 0.738. The van der Waals surface area contributed by atoms with Crippen LogP contribution in [0.3, 0.4) is 0 Å². The summed E-state index contributed by atoms with van der Waals surface area (Å²) in [6.07, 6.45) is 3.11. The number of urea groups is 1. The predicted octanol–water partition coefficient (Wildman–Crippen LogP) is 3.04. The topological polar surface area (TPSA) is 65.0 Å². The minimum Gasteiger partial charge on any atom is -0.493 e. The van der Waals surface area contributed by atoms with Crippen LogP contribution < -0.4 is 15.0 Å². The molecule has 1 saturated heterocycles. The number of aliphatic hydroxyl groups is 1. The molecule has 2 aliphatic heterocycles. The number of amides is 2. The first-order chi connectivity index (χ1) is 14.7. The lowest BCUT2D eigenvalue weighted by Gasteiger charge is -2.32. The largest absolute Gasteiger partial charge is 0.493 e. The highest BCUT2D eigenvalue weighted by Crippen LogP contribution is 2.29. The number of carbonyl (C=O) groups is 1. The molecule has 0 unspecified atom stereocenters. The Bertz CT molecular complexity index is 835. The van der Waals surface area contributed by atoms with E-state index >= 15 is 0 Å². The third-order valence-corrected chi connectivity index (χ3v) is 6.11. The minimum absolute atomic E-state index is 0.0309. The summed E-state index contributed by atoms with van der Waals surface area (Å²) in [4.78, 5) is 16.8. The Morgan fingerprint density at radius 3 is 2.67 bits per heavy atom. The number of benzene rings is 2. The van der Waals surface area contributed by atoms with E-state index < -0.39 is 0 Å². The molecule has 6 nitrogen and oxygen atoms in total. The second-order valence-corrected chi connectivity index (χ2v) is 8.16. The number of nitrogens with zero attached hydrogens (tertiary/aromatic N) is 2. The summed E-state index contributed by atoms with van der Waals surface area (Å²) in [6, 6.07) is 15.8. The molecule has 2 aromatic carbocycles. The maximum Gasteiger partial charge on any atom is 0.321 e. The van der Waals surface area contributed by atoms with Gasteiger partial charge in [0.15, 0.2) is 0 Å². The number of rotatable bonds is 7. The molecule has 30 heavy (non-hydrogen) atoms. The van der Waals surface area contributed by atoms with E-state index in [0.717, 1.165) is 68.1 Å². The lowest BCUT2D eigenvalue weighted by Crippen LogP contribution is -2.44. The molecule has 4 rings (SSSR count). The first-order valence-corrected chi connectivity index (χ1v) is 10.9. The second kappa shape index (κ2) is 9.96. The van der Waals surface area contributed by atoms with Gasteiger partial charge < -0.3 is 20.1 Å². The third-order valence-electron chi connectivity index (χ3n) is 6.11. The van der Waals surface area contributed by atoms with Crippen LogP contribution in [0.1, 0.15) is 24.0 Å². The van der Waals surface area contributed by atoms with Gasteiger partial charge in [-0.1, -0.05) is 30.3 Å². The van der Waals surface area contributed by atoms with Crippen LogP contribution in [0.4, 0.5) is 10.5 Å².